The Morgan fingerprint density at radius 2 is 2.00 bits per heavy atom. The fourth-order valence-corrected chi connectivity index (χ4v) is 4.89. The number of fused-ring (bicyclic) bond motifs is 1. The highest BCUT2D eigenvalue weighted by Crippen LogP contribution is 2.35. The van der Waals surface area contributed by atoms with E-state index in [2.05, 4.69) is 15.3 Å². The summed E-state index contributed by atoms with van der Waals surface area (Å²) in [7, 11) is 3.37. The zero-order valence-corrected chi connectivity index (χ0v) is 19.8. The van der Waals surface area contributed by atoms with Gasteiger partial charge < -0.3 is 15.2 Å². The number of halogens is 3. The molecule has 2 heterocycles. The first-order chi connectivity index (χ1) is 14.9. The van der Waals surface area contributed by atoms with Gasteiger partial charge >= 0.3 is 6.18 Å². The second-order valence-electron chi connectivity index (χ2n) is 7.54. The number of benzene rings is 1. The van der Waals surface area contributed by atoms with Gasteiger partial charge in [-0.2, -0.15) is 13.2 Å². The molecule has 1 amide bonds. The van der Waals surface area contributed by atoms with Gasteiger partial charge in [-0.15, -0.1) is 23.1 Å². The van der Waals surface area contributed by atoms with Crippen LogP contribution in [0.2, 0.25) is 0 Å². The van der Waals surface area contributed by atoms with E-state index in [-0.39, 0.29) is 17.0 Å². The summed E-state index contributed by atoms with van der Waals surface area (Å²) in [5.41, 5.74) is 0.395. The number of hydrogen-bond acceptors (Lipinski definition) is 6. The van der Waals surface area contributed by atoms with Crippen molar-refractivity contribution in [1.82, 2.24) is 9.97 Å². The Kier molecular flexibility index (Phi) is 6.89. The first-order valence-electron chi connectivity index (χ1n) is 9.68. The van der Waals surface area contributed by atoms with Crippen molar-refractivity contribution < 1.29 is 18.0 Å². The van der Waals surface area contributed by atoms with Gasteiger partial charge in [-0.25, -0.2) is 4.98 Å². The Morgan fingerprint density at radius 1 is 1.31 bits per heavy atom. The molecule has 0 bridgehead atoms. The molecule has 0 aliphatic heterocycles. The van der Waals surface area contributed by atoms with E-state index in [1.54, 1.807) is 25.9 Å². The van der Waals surface area contributed by atoms with Crippen LogP contribution in [0.1, 0.15) is 28.8 Å². The van der Waals surface area contributed by atoms with Crippen LogP contribution in [0.3, 0.4) is 0 Å². The molecule has 11 heteroatoms. The Bertz CT molecular complexity index is 1220. The molecule has 1 atom stereocenters. The van der Waals surface area contributed by atoms with Crippen LogP contribution in [0.15, 0.2) is 23.0 Å². The normalized spacial score (nSPS) is 12.8. The number of amides is 1. The molecule has 2 N–H and O–H groups in total. The quantitative estimate of drug-likeness (QED) is 0.518. The Balaban J connectivity index is 1.74. The fourth-order valence-electron chi connectivity index (χ4n) is 3.08. The third-order valence-corrected chi connectivity index (χ3v) is 7.25. The van der Waals surface area contributed by atoms with Gasteiger partial charge in [0.1, 0.15) is 10.7 Å². The Hall–Kier alpha value is -2.53. The highest BCUT2D eigenvalue weighted by atomic mass is 32.2. The molecule has 3 aromatic rings. The number of alkyl halides is 3. The summed E-state index contributed by atoms with van der Waals surface area (Å²) in [6.07, 6.45) is -4.51. The zero-order valence-electron chi connectivity index (χ0n) is 18.2. The lowest BCUT2D eigenvalue weighted by molar-refractivity contribution is -0.137. The largest absolute Gasteiger partial charge is 0.416 e. The van der Waals surface area contributed by atoms with Gasteiger partial charge in [-0.3, -0.25) is 9.59 Å². The third kappa shape index (κ3) is 5.09. The van der Waals surface area contributed by atoms with Gasteiger partial charge in [0.2, 0.25) is 5.91 Å². The number of anilines is 2. The van der Waals surface area contributed by atoms with E-state index in [0.29, 0.717) is 21.7 Å². The van der Waals surface area contributed by atoms with E-state index in [9.17, 15) is 22.8 Å². The molecule has 3 rings (SSSR count). The summed E-state index contributed by atoms with van der Waals surface area (Å²) in [5, 5.41) is 2.59. The van der Waals surface area contributed by atoms with Gasteiger partial charge in [0, 0.05) is 19.0 Å². The van der Waals surface area contributed by atoms with Crippen LogP contribution in [0.4, 0.5) is 24.5 Å². The van der Waals surface area contributed by atoms with Crippen LogP contribution < -0.4 is 15.8 Å². The second kappa shape index (κ2) is 9.14. The van der Waals surface area contributed by atoms with E-state index < -0.39 is 22.9 Å². The number of H-pyrrole nitrogens is 1. The topological polar surface area (TPSA) is 78.1 Å². The molecule has 0 radical (unpaired) electrons. The minimum Gasteiger partial charge on any atom is -0.376 e. The van der Waals surface area contributed by atoms with E-state index in [1.165, 1.54) is 29.2 Å². The standard InChI is InChI=1S/C21H23F3N4O2S2/c1-10-11(2)32-20-17(10)19(30)26-16(27-20)9-31-12(3)18(29)25-14-8-13(21(22,23)24)6-7-15(14)28(4)5/h6-8,12H,9H2,1-5H3,(H,25,29)(H,26,27,30). The summed E-state index contributed by atoms with van der Waals surface area (Å²) in [6, 6.07) is 3.24. The van der Waals surface area contributed by atoms with Crippen LogP contribution in [-0.4, -0.2) is 35.2 Å². The van der Waals surface area contributed by atoms with E-state index in [4.69, 9.17) is 0 Å². The number of rotatable bonds is 6. The van der Waals surface area contributed by atoms with Crippen molar-refractivity contribution in [3.63, 3.8) is 0 Å². The number of nitrogens with zero attached hydrogens (tertiary/aromatic N) is 2. The molecule has 0 fully saturated rings. The molecule has 0 spiro atoms. The monoisotopic (exact) mass is 484 g/mol. The molecule has 1 unspecified atom stereocenters. The summed E-state index contributed by atoms with van der Waals surface area (Å²) < 4.78 is 39.3. The van der Waals surface area contributed by atoms with Gasteiger partial charge in [-0.1, -0.05) is 0 Å². The molecule has 0 saturated carbocycles. The van der Waals surface area contributed by atoms with Gasteiger partial charge in [0.15, 0.2) is 0 Å². The molecule has 0 aliphatic carbocycles. The minimum absolute atomic E-state index is 0.0831. The SMILES string of the molecule is Cc1sc2nc(CSC(C)C(=O)Nc3cc(C(F)(F)F)ccc3N(C)C)[nH]c(=O)c2c1C. The minimum atomic E-state index is -4.51. The van der Waals surface area contributed by atoms with Crippen LogP contribution in [-0.2, 0) is 16.7 Å². The van der Waals surface area contributed by atoms with E-state index in [0.717, 1.165) is 22.6 Å². The number of nitrogens with one attached hydrogen (secondary N) is 2. The van der Waals surface area contributed by atoms with Crippen LogP contribution in [0.5, 0.6) is 0 Å². The predicted octanol–water partition coefficient (Wildman–Crippen LogP) is 4.95. The average molecular weight is 485 g/mol. The number of thioether (sulfide) groups is 1. The van der Waals surface area contributed by atoms with Gasteiger partial charge in [0.05, 0.1) is 33.3 Å². The summed E-state index contributed by atoms with van der Waals surface area (Å²) >= 11 is 2.67. The first kappa shape index (κ1) is 24.1. The maximum absolute atomic E-state index is 13.1. The van der Waals surface area contributed by atoms with Crippen LogP contribution in [0.25, 0.3) is 10.2 Å². The number of aromatic nitrogens is 2. The highest BCUT2D eigenvalue weighted by Gasteiger charge is 2.31. The van der Waals surface area contributed by atoms with E-state index >= 15 is 0 Å². The Labute approximate surface area is 191 Å². The molecule has 1 aromatic carbocycles. The maximum Gasteiger partial charge on any atom is 0.416 e. The predicted molar refractivity (Wildman–Crippen MR) is 125 cm³/mol. The molecule has 2 aromatic heterocycles. The molecule has 0 aliphatic rings. The van der Waals surface area contributed by atoms with Crippen molar-refractivity contribution in [2.24, 2.45) is 0 Å². The molecular weight excluding hydrogens is 461 g/mol. The number of hydrogen-bond donors (Lipinski definition) is 2. The van der Waals surface area contributed by atoms with E-state index in [1.807, 2.05) is 13.8 Å². The second-order valence-corrected chi connectivity index (χ2v) is 10.1. The van der Waals surface area contributed by atoms with Crippen molar-refractivity contribution in [2.45, 2.75) is 38.0 Å². The van der Waals surface area contributed by atoms with Crippen molar-refractivity contribution >= 4 is 50.6 Å². The first-order valence-corrected chi connectivity index (χ1v) is 11.5. The van der Waals surface area contributed by atoms with Crippen LogP contribution >= 0.6 is 23.1 Å². The number of thiophene rings is 1. The molecule has 172 valence electrons. The van der Waals surface area contributed by atoms with Crippen molar-refractivity contribution in [2.75, 3.05) is 24.3 Å². The van der Waals surface area contributed by atoms with Crippen LogP contribution in [0, 0.1) is 13.8 Å². The van der Waals surface area contributed by atoms with Crippen molar-refractivity contribution in [1.29, 1.82) is 0 Å². The smallest absolute Gasteiger partial charge is 0.376 e. The number of aryl methyl sites for hydroxylation is 2. The lowest BCUT2D eigenvalue weighted by Gasteiger charge is -2.21. The summed E-state index contributed by atoms with van der Waals surface area (Å²) in [6.45, 7) is 5.46. The molecule has 32 heavy (non-hydrogen) atoms. The molecule has 0 saturated heterocycles. The lowest BCUT2D eigenvalue weighted by Crippen LogP contribution is -2.25. The third-order valence-electron chi connectivity index (χ3n) is 4.99. The Morgan fingerprint density at radius 3 is 2.62 bits per heavy atom. The molecular formula is C21H23F3N4O2S2. The fraction of sp³-hybridized carbons (Fsp3) is 0.381. The maximum atomic E-state index is 13.1. The number of carbonyl (C=O) groups excluding carboxylic acids is 1. The van der Waals surface area contributed by atoms with Gasteiger partial charge in [0.25, 0.3) is 5.56 Å². The van der Waals surface area contributed by atoms with Crippen molar-refractivity contribution in [3.05, 3.63) is 50.4 Å². The van der Waals surface area contributed by atoms with Crippen molar-refractivity contribution in [3.8, 4) is 0 Å². The zero-order chi connectivity index (χ0) is 23.8. The number of aromatic amines is 1. The summed E-state index contributed by atoms with van der Waals surface area (Å²) in [5.74, 6) is 0.281. The average Bonchev–Trinajstić information content (AvgIpc) is 2.99. The highest BCUT2D eigenvalue weighted by molar-refractivity contribution is 7.99. The van der Waals surface area contributed by atoms with Gasteiger partial charge in [-0.05, 0) is 44.5 Å². The number of carbonyl (C=O) groups is 1. The summed E-state index contributed by atoms with van der Waals surface area (Å²) in [4.78, 5) is 35.6. The lowest BCUT2D eigenvalue weighted by atomic mass is 10.1. The molecule has 6 nitrogen and oxygen atoms in total.